The highest BCUT2D eigenvalue weighted by atomic mass is 35.5. The molecular formula is C18H15ClN2O3S. The number of nitrogens with one attached hydrogen (secondary N) is 1. The number of anilines is 1. The number of carbonyl (C=O) groups excluding carboxylic acids is 2. The third kappa shape index (κ3) is 4.35. The molecule has 128 valence electrons. The van der Waals surface area contributed by atoms with Gasteiger partial charge in [0.05, 0.1) is 17.3 Å². The van der Waals surface area contributed by atoms with Crippen molar-refractivity contribution < 1.29 is 14.3 Å². The van der Waals surface area contributed by atoms with Crippen LogP contribution in [0.1, 0.15) is 23.2 Å². The Kier molecular flexibility index (Phi) is 5.31. The fourth-order valence-electron chi connectivity index (χ4n) is 2.28. The Labute approximate surface area is 153 Å². The van der Waals surface area contributed by atoms with Crippen LogP contribution in [-0.4, -0.2) is 23.8 Å². The van der Waals surface area contributed by atoms with Crippen molar-refractivity contribution in [2.24, 2.45) is 0 Å². The Hall–Kier alpha value is -2.44. The van der Waals surface area contributed by atoms with Crippen molar-refractivity contribution in [3.05, 3.63) is 53.1 Å². The Morgan fingerprint density at radius 3 is 2.64 bits per heavy atom. The second-order valence-electron chi connectivity index (χ2n) is 5.33. The molecule has 0 fully saturated rings. The highest BCUT2D eigenvalue weighted by Gasteiger charge is 2.12. The quantitative estimate of drug-likeness (QED) is 0.642. The number of rotatable bonds is 6. The van der Waals surface area contributed by atoms with E-state index in [0.717, 1.165) is 10.2 Å². The van der Waals surface area contributed by atoms with E-state index in [1.54, 1.807) is 49.6 Å². The summed E-state index contributed by atoms with van der Waals surface area (Å²) in [7, 11) is 1.57. The number of ketones is 1. The van der Waals surface area contributed by atoms with Crippen molar-refractivity contribution in [3.8, 4) is 5.75 Å². The first-order valence-corrected chi connectivity index (χ1v) is 8.78. The molecule has 3 rings (SSSR count). The van der Waals surface area contributed by atoms with Gasteiger partial charge in [0.25, 0.3) is 0 Å². The van der Waals surface area contributed by atoms with E-state index in [9.17, 15) is 9.59 Å². The molecule has 0 unspecified atom stereocenters. The molecular weight excluding hydrogens is 360 g/mol. The second kappa shape index (κ2) is 7.63. The molecule has 0 saturated carbocycles. The zero-order valence-corrected chi connectivity index (χ0v) is 15.0. The van der Waals surface area contributed by atoms with E-state index in [-0.39, 0.29) is 24.5 Å². The average Bonchev–Trinajstić information content (AvgIpc) is 3.01. The lowest BCUT2D eigenvalue weighted by Gasteiger charge is -2.03. The van der Waals surface area contributed by atoms with Crippen LogP contribution in [0.5, 0.6) is 5.75 Å². The molecule has 1 aromatic heterocycles. The molecule has 7 heteroatoms. The maximum Gasteiger partial charge on any atom is 0.226 e. The van der Waals surface area contributed by atoms with Crippen molar-refractivity contribution in [2.75, 3.05) is 12.4 Å². The lowest BCUT2D eigenvalue weighted by atomic mass is 10.1. The standard InChI is InChI=1S/C18H15ClN2O3S/c1-24-13-5-2-11(3-6-13)15(22)8-9-17(23)21-18-20-14-7-4-12(19)10-16(14)25-18/h2-7,10H,8-9H2,1H3,(H,20,21,23). The summed E-state index contributed by atoms with van der Waals surface area (Å²) in [6.45, 7) is 0. The molecule has 1 heterocycles. The molecule has 1 amide bonds. The molecule has 0 saturated heterocycles. The Morgan fingerprint density at radius 1 is 1.16 bits per heavy atom. The molecule has 3 aromatic rings. The van der Waals surface area contributed by atoms with Gasteiger partial charge in [0, 0.05) is 23.4 Å². The van der Waals surface area contributed by atoms with Gasteiger partial charge in [0.2, 0.25) is 5.91 Å². The largest absolute Gasteiger partial charge is 0.497 e. The van der Waals surface area contributed by atoms with E-state index in [4.69, 9.17) is 16.3 Å². The number of hydrogen-bond donors (Lipinski definition) is 1. The van der Waals surface area contributed by atoms with Gasteiger partial charge < -0.3 is 10.1 Å². The molecule has 2 aromatic carbocycles. The van der Waals surface area contributed by atoms with E-state index in [1.165, 1.54) is 11.3 Å². The maximum atomic E-state index is 12.1. The monoisotopic (exact) mass is 374 g/mol. The fraction of sp³-hybridized carbons (Fsp3) is 0.167. The minimum atomic E-state index is -0.244. The van der Waals surface area contributed by atoms with E-state index in [2.05, 4.69) is 10.3 Å². The highest BCUT2D eigenvalue weighted by Crippen LogP contribution is 2.28. The van der Waals surface area contributed by atoms with Crippen molar-refractivity contribution >= 4 is 50.0 Å². The summed E-state index contributed by atoms with van der Waals surface area (Å²) in [5.41, 5.74) is 1.34. The Balaban J connectivity index is 1.57. The van der Waals surface area contributed by atoms with Crippen LogP contribution in [0.15, 0.2) is 42.5 Å². The van der Waals surface area contributed by atoms with Crippen LogP contribution < -0.4 is 10.1 Å². The van der Waals surface area contributed by atoms with E-state index in [0.29, 0.717) is 21.5 Å². The summed E-state index contributed by atoms with van der Waals surface area (Å²) in [6.07, 6.45) is 0.233. The zero-order chi connectivity index (χ0) is 17.8. The van der Waals surface area contributed by atoms with Crippen molar-refractivity contribution in [2.45, 2.75) is 12.8 Å². The Morgan fingerprint density at radius 2 is 1.92 bits per heavy atom. The molecule has 25 heavy (non-hydrogen) atoms. The number of amides is 1. The molecule has 0 aliphatic heterocycles. The van der Waals surface area contributed by atoms with Gasteiger partial charge >= 0.3 is 0 Å². The summed E-state index contributed by atoms with van der Waals surface area (Å²) in [5, 5.41) is 3.85. The van der Waals surface area contributed by atoms with Gasteiger partial charge in [-0.05, 0) is 42.5 Å². The number of thiazole rings is 1. The number of hydrogen-bond acceptors (Lipinski definition) is 5. The smallest absolute Gasteiger partial charge is 0.226 e. The molecule has 0 spiro atoms. The minimum absolute atomic E-state index is 0.0890. The van der Waals surface area contributed by atoms with E-state index < -0.39 is 0 Å². The van der Waals surface area contributed by atoms with Gasteiger partial charge in [-0.3, -0.25) is 9.59 Å². The number of methoxy groups -OCH3 is 1. The van der Waals surface area contributed by atoms with Gasteiger partial charge in [-0.15, -0.1) is 0 Å². The van der Waals surface area contributed by atoms with Crippen LogP contribution in [0.25, 0.3) is 10.2 Å². The van der Waals surface area contributed by atoms with E-state index in [1.807, 2.05) is 0 Å². The number of benzene rings is 2. The van der Waals surface area contributed by atoms with Crippen LogP contribution in [0, 0.1) is 0 Å². The van der Waals surface area contributed by atoms with Gasteiger partial charge in [0.1, 0.15) is 5.75 Å². The van der Waals surface area contributed by atoms with Gasteiger partial charge in [-0.1, -0.05) is 22.9 Å². The first-order chi connectivity index (χ1) is 12.0. The SMILES string of the molecule is COc1ccc(C(=O)CCC(=O)Nc2nc3ccc(Cl)cc3s2)cc1. The Bertz CT molecular complexity index is 922. The topological polar surface area (TPSA) is 68.3 Å². The minimum Gasteiger partial charge on any atom is -0.497 e. The van der Waals surface area contributed by atoms with Crippen molar-refractivity contribution in [1.82, 2.24) is 4.98 Å². The van der Waals surface area contributed by atoms with Crippen molar-refractivity contribution in [1.29, 1.82) is 0 Å². The van der Waals surface area contributed by atoms with Crippen LogP contribution in [-0.2, 0) is 4.79 Å². The molecule has 0 radical (unpaired) electrons. The van der Waals surface area contributed by atoms with Gasteiger partial charge in [-0.2, -0.15) is 0 Å². The van der Waals surface area contributed by atoms with Gasteiger partial charge in [-0.25, -0.2) is 4.98 Å². The summed E-state index contributed by atoms with van der Waals surface area (Å²) >= 11 is 7.29. The lowest BCUT2D eigenvalue weighted by molar-refractivity contribution is -0.116. The second-order valence-corrected chi connectivity index (χ2v) is 6.80. The highest BCUT2D eigenvalue weighted by molar-refractivity contribution is 7.22. The number of carbonyl (C=O) groups is 2. The summed E-state index contributed by atoms with van der Waals surface area (Å²) in [4.78, 5) is 28.5. The molecule has 0 atom stereocenters. The first kappa shape index (κ1) is 17.4. The molecule has 0 aliphatic carbocycles. The third-order valence-corrected chi connectivity index (χ3v) is 4.76. The average molecular weight is 375 g/mol. The van der Waals surface area contributed by atoms with Crippen LogP contribution in [0.3, 0.4) is 0 Å². The summed E-state index contributed by atoms with van der Waals surface area (Å²) < 4.78 is 5.96. The number of aromatic nitrogens is 1. The number of Topliss-reactive ketones (excluding diaryl/α,β-unsaturated/α-hetero) is 1. The summed E-state index contributed by atoms with van der Waals surface area (Å²) in [6, 6.07) is 12.2. The maximum absolute atomic E-state index is 12.1. The van der Waals surface area contributed by atoms with Crippen LogP contribution >= 0.6 is 22.9 Å². The first-order valence-electron chi connectivity index (χ1n) is 7.58. The predicted molar refractivity (Wildman–Crippen MR) is 99.8 cm³/mol. The molecule has 0 bridgehead atoms. The van der Waals surface area contributed by atoms with Crippen molar-refractivity contribution in [3.63, 3.8) is 0 Å². The number of halogens is 1. The summed E-state index contributed by atoms with van der Waals surface area (Å²) in [5.74, 6) is 0.353. The fourth-order valence-corrected chi connectivity index (χ4v) is 3.44. The predicted octanol–water partition coefficient (Wildman–Crippen LogP) is 4.56. The number of ether oxygens (including phenoxy) is 1. The van der Waals surface area contributed by atoms with Gasteiger partial charge in [0.15, 0.2) is 10.9 Å². The number of fused-ring (bicyclic) bond motifs is 1. The molecule has 1 N–H and O–H groups in total. The van der Waals surface area contributed by atoms with E-state index >= 15 is 0 Å². The molecule has 5 nitrogen and oxygen atoms in total. The zero-order valence-electron chi connectivity index (χ0n) is 13.4. The lowest BCUT2D eigenvalue weighted by Crippen LogP contribution is -2.13. The molecule has 0 aliphatic rings. The van der Waals surface area contributed by atoms with Crippen LogP contribution in [0.4, 0.5) is 5.13 Å². The third-order valence-electron chi connectivity index (χ3n) is 3.59. The normalized spacial score (nSPS) is 10.6. The van der Waals surface area contributed by atoms with Crippen LogP contribution in [0.2, 0.25) is 5.02 Å². The number of nitrogens with zero attached hydrogens (tertiary/aromatic N) is 1.